The zero-order valence-corrected chi connectivity index (χ0v) is 11.9. The van der Waals surface area contributed by atoms with Crippen LogP contribution in [0.2, 0.25) is 0 Å². The van der Waals surface area contributed by atoms with Gasteiger partial charge in [-0.05, 0) is 31.2 Å². The summed E-state index contributed by atoms with van der Waals surface area (Å²) in [6.45, 7) is 1.82. The number of thioether (sulfide) groups is 1. The second kappa shape index (κ2) is 6.12. The molecule has 0 radical (unpaired) electrons. The van der Waals surface area contributed by atoms with Gasteiger partial charge in [-0.15, -0.1) is 11.8 Å². The number of nitriles is 1. The second-order valence-corrected chi connectivity index (χ2v) is 6.10. The van der Waals surface area contributed by atoms with Crippen LogP contribution >= 0.6 is 11.8 Å². The van der Waals surface area contributed by atoms with E-state index in [-0.39, 0.29) is 5.91 Å². The van der Waals surface area contributed by atoms with Crippen LogP contribution < -0.4 is 5.32 Å². The summed E-state index contributed by atoms with van der Waals surface area (Å²) in [4.78, 5) is 11.9. The first-order chi connectivity index (χ1) is 9.14. The molecule has 1 fully saturated rings. The molecule has 1 N–H and O–H groups in total. The minimum absolute atomic E-state index is 0.0446. The number of rotatable bonds is 6. The van der Waals surface area contributed by atoms with E-state index in [0.29, 0.717) is 11.7 Å². The molecule has 0 aromatic heterocycles. The Morgan fingerprint density at radius 3 is 2.74 bits per heavy atom. The molecule has 4 heteroatoms. The molecule has 0 aliphatic heterocycles. The molecule has 2 rings (SSSR count). The largest absolute Gasteiger partial charge is 0.337 e. The van der Waals surface area contributed by atoms with E-state index in [2.05, 4.69) is 23.5 Å². The van der Waals surface area contributed by atoms with Gasteiger partial charge < -0.3 is 5.32 Å². The highest BCUT2D eigenvalue weighted by Crippen LogP contribution is 2.39. The SMILES string of the molecule is C[C@@](C#N)(NC(=O)CSCc1ccccc1)C1CC1. The predicted octanol–water partition coefficient (Wildman–Crippen LogP) is 2.73. The fourth-order valence-electron chi connectivity index (χ4n) is 2.04. The van der Waals surface area contributed by atoms with Gasteiger partial charge in [0.25, 0.3) is 0 Å². The van der Waals surface area contributed by atoms with Crippen molar-refractivity contribution in [2.24, 2.45) is 5.92 Å². The lowest BCUT2D eigenvalue weighted by Crippen LogP contribution is -2.47. The minimum Gasteiger partial charge on any atom is -0.337 e. The standard InChI is InChI=1S/C15H18N2OS/c1-15(11-16,13-7-8-13)17-14(18)10-19-9-12-5-3-2-4-6-12/h2-6,13H,7-10H2,1H3,(H,17,18)/t15-/m0/s1. The topological polar surface area (TPSA) is 52.9 Å². The van der Waals surface area contributed by atoms with Gasteiger partial charge in [-0.2, -0.15) is 5.26 Å². The van der Waals surface area contributed by atoms with Crippen LogP contribution in [0.25, 0.3) is 0 Å². The van der Waals surface area contributed by atoms with Crippen LogP contribution in [0.3, 0.4) is 0 Å². The monoisotopic (exact) mass is 274 g/mol. The normalized spacial score (nSPS) is 17.3. The van der Waals surface area contributed by atoms with Gasteiger partial charge in [0.15, 0.2) is 0 Å². The van der Waals surface area contributed by atoms with Gasteiger partial charge in [-0.25, -0.2) is 0 Å². The number of amides is 1. The Bertz CT molecular complexity index is 479. The average Bonchev–Trinajstić information content (AvgIpc) is 3.24. The van der Waals surface area contributed by atoms with Gasteiger partial charge >= 0.3 is 0 Å². The van der Waals surface area contributed by atoms with Crippen LogP contribution in [-0.4, -0.2) is 17.2 Å². The summed E-state index contributed by atoms with van der Waals surface area (Å²) in [5, 5.41) is 12.0. The Morgan fingerprint density at radius 1 is 1.47 bits per heavy atom. The van der Waals surface area contributed by atoms with E-state index in [9.17, 15) is 10.1 Å². The molecular weight excluding hydrogens is 256 g/mol. The lowest BCUT2D eigenvalue weighted by atomic mass is 9.98. The van der Waals surface area contributed by atoms with Crippen molar-refractivity contribution in [3.63, 3.8) is 0 Å². The lowest BCUT2D eigenvalue weighted by Gasteiger charge is -2.22. The molecular formula is C15H18N2OS. The summed E-state index contributed by atoms with van der Waals surface area (Å²) in [5.74, 6) is 1.51. The first kappa shape index (κ1) is 14.0. The van der Waals surface area contributed by atoms with Gasteiger partial charge in [0, 0.05) is 5.75 Å². The van der Waals surface area contributed by atoms with Crippen molar-refractivity contribution in [3.8, 4) is 6.07 Å². The molecule has 0 bridgehead atoms. The van der Waals surface area contributed by atoms with Gasteiger partial charge in [0.05, 0.1) is 11.8 Å². The van der Waals surface area contributed by atoms with Crippen LogP contribution in [0.5, 0.6) is 0 Å². The summed E-state index contributed by atoms with van der Waals surface area (Å²) in [7, 11) is 0. The highest BCUT2D eigenvalue weighted by atomic mass is 32.2. The zero-order valence-electron chi connectivity index (χ0n) is 11.1. The average molecular weight is 274 g/mol. The number of hydrogen-bond donors (Lipinski definition) is 1. The van der Waals surface area contributed by atoms with Crippen LogP contribution in [0.15, 0.2) is 30.3 Å². The number of hydrogen-bond acceptors (Lipinski definition) is 3. The van der Waals surface area contributed by atoms with Crippen molar-refractivity contribution in [2.75, 3.05) is 5.75 Å². The Kier molecular flexibility index (Phi) is 4.49. The quantitative estimate of drug-likeness (QED) is 0.867. The molecule has 1 aliphatic rings. The Morgan fingerprint density at radius 2 is 2.16 bits per heavy atom. The van der Waals surface area contributed by atoms with E-state index < -0.39 is 5.54 Å². The van der Waals surface area contributed by atoms with E-state index in [1.807, 2.05) is 25.1 Å². The number of carbonyl (C=O) groups is 1. The molecule has 1 aromatic rings. The van der Waals surface area contributed by atoms with Crippen molar-refractivity contribution in [3.05, 3.63) is 35.9 Å². The minimum atomic E-state index is -0.676. The molecule has 100 valence electrons. The number of nitrogens with zero attached hydrogens (tertiary/aromatic N) is 1. The fraction of sp³-hybridized carbons (Fsp3) is 0.467. The summed E-state index contributed by atoms with van der Waals surface area (Å²) in [6, 6.07) is 12.3. The molecule has 19 heavy (non-hydrogen) atoms. The van der Waals surface area contributed by atoms with Crippen molar-refractivity contribution < 1.29 is 4.79 Å². The third-order valence-electron chi connectivity index (χ3n) is 3.37. The van der Waals surface area contributed by atoms with Crippen LogP contribution in [0, 0.1) is 17.2 Å². The Hall–Kier alpha value is -1.47. The Labute approximate surface area is 118 Å². The lowest BCUT2D eigenvalue weighted by molar-refractivity contribution is -0.119. The number of carbonyl (C=O) groups excluding carboxylic acids is 1. The maximum Gasteiger partial charge on any atom is 0.231 e. The predicted molar refractivity (Wildman–Crippen MR) is 77.5 cm³/mol. The third kappa shape index (κ3) is 4.00. The highest BCUT2D eigenvalue weighted by Gasteiger charge is 2.42. The maximum absolute atomic E-state index is 11.9. The van der Waals surface area contributed by atoms with Crippen molar-refractivity contribution in [2.45, 2.75) is 31.1 Å². The van der Waals surface area contributed by atoms with Gasteiger partial charge in [-0.1, -0.05) is 30.3 Å². The van der Waals surface area contributed by atoms with Crippen molar-refractivity contribution >= 4 is 17.7 Å². The first-order valence-corrected chi connectivity index (χ1v) is 7.63. The molecule has 0 unspecified atom stereocenters. The summed E-state index contributed by atoms with van der Waals surface area (Å²) < 4.78 is 0. The first-order valence-electron chi connectivity index (χ1n) is 6.48. The third-order valence-corrected chi connectivity index (χ3v) is 4.37. The van der Waals surface area contributed by atoms with E-state index in [4.69, 9.17) is 0 Å². The van der Waals surface area contributed by atoms with Gasteiger partial charge in [0.1, 0.15) is 5.54 Å². The van der Waals surface area contributed by atoms with E-state index in [0.717, 1.165) is 18.6 Å². The molecule has 1 amide bonds. The van der Waals surface area contributed by atoms with Crippen LogP contribution in [0.1, 0.15) is 25.3 Å². The molecule has 0 heterocycles. The number of nitrogens with one attached hydrogen (secondary N) is 1. The fourth-order valence-corrected chi connectivity index (χ4v) is 2.83. The molecule has 1 atom stereocenters. The Balaban J connectivity index is 1.74. The smallest absolute Gasteiger partial charge is 0.231 e. The van der Waals surface area contributed by atoms with Gasteiger partial charge in [0.2, 0.25) is 5.91 Å². The zero-order chi connectivity index (χ0) is 13.7. The summed E-state index contributed by atoms with van der Waals surface area (Å²) in [5.41, 5.74) is 0.537. The number of benzene rings is 1. The highest BCUT2D eigenvalue weighted by molar-refractivity contribution is 7.99. The van der Waals surface area contributed by atoms with Crippen molar-refractivity contribution in [1.82, 2.24) is 5.32 Å². The molecule has 1 aromatic carbocycles. The molecule has 1 aliphatic carbocycles. The summed E-state index contributed by atoms with van der Waals surface area (Å²) >= 11 is 1.58. The molecule has 1 saturated carbocycles. The van der Waals surface area contributed by atoms with Gasteiger partial charge in [-0.3, -0.25) is 4.79 Å². The second-order valence-electron chi connectivity index (χ2n) is 5.12. The van der Waals surface area contributed by atoms with E-state index in [1.54, 1.807) is 11.8 Å². The molecule has 3 nitrogen and oxygen atoms in total. The molecule has 0 saturated heterocycles. The van der Waals surface area contributed by atoms with Crippen LogP contribution in [-0.2, 0) is 10.5 Å². The maximum atomic E-state index is 11.9. The van der Waals surface area contributed by atoms with E-state index in [1.165, 1.54) is 5.56 Å². The van der Waals surface area contributed by atoms with E-state index >= 15 is 0 Å². The van der Waals surface area contributed by atoms with Crippen LogP contribution in [0.4, 0.5) is 0 Å². The summed E-state index contributed by atoms with van der Waals surface area (Å²) in [6.07, 6.45) is 2.09. The molecule has 0 spiro atoms. The van der Waals surface area contributed by atoms with Crippen molar-refractivity contribution in [1.29, 1.82) is 5.26 Å².